The molecule has 1 aromatic carbocycles. The third kappa shape index (κ3) is 5.17. The molecule has 0 aliphatic carbocycles. The van der Waals surface area contributed by atoms with Gasteiger partial charge in [0.1, 0.15) is 10.7 Å². The number of benzene rings is 1. The molecule has 1 heterocycles. The molecule has 6 heteroatoms. The van der Waals surface area contributed by atoms with Crippen LogP contribution in [-0.2, 0) is 11.2 Å². The van der Waals surface area contributed by atoms with Gasteiger partial charge in [0.25, 0.3) is 5.91 Å². The molecule has 0 bridgehead atoms. The highest BCUT2D eigenvalue weighted by Crippen LogP contribution is 2.12. The summed E-state index contributed by atoms with van der Waals surface area (Å²) >= 11 is 6.55. The zero-order valence-corrected chi connectivity index (χ0v) is 13.0. The number of nitrogens with two attached hydrogens (primary N) is 1. The van der Waals surface area contributed by atoms with Crippen molar-refractivity contribution in [2.45, 2.75) is 6.42 Å². The number of nitrogens with one attached hydrogen (secondary N) is 1. The minimum Gasteiger partial charge on any atom is -0.484 e. The molecule has 2 aromatic rings. The van der Waals surface area contributed by atoms with Crippen LogP contribution in [0.25, 0.3) is 0 Å². The third-order valence-corrected chi connectivity index (χ3v) is 3.95. The van der Waals surface area contributed by atoms with Gasteiger partial charge in [-0.05, 0) is 42.1 Å². The minimum absolute atomic E-state index is 0.00312. The molecule has 2 rings (SSSR count). The van der Waals surface area contributed by atoms with Crippen LogP contribution in [-0.4, -0.2) is 24.0 Å². The Balaban J connectivity index is 1.69. The molecule has 3 N–H and O–H groups in total. The summed E-state index contributed by atoms with van der Waals surface area (Å²) in [5.41, 5.74) is 6.28. The predicted octanol–water partition coefficient (Wildman–Crippen LogP) is 2.12. The van der Waals surface area contributed by atoms with Crippen molar-refractivity contribution in [1.29, 1.82) is 0 Å². The number of rotatable bonds is 7. The second kappa shape index (κ2) is 7.75. The molecule has 0 unspecified atom stereocenters. The molecule has 0 saturated carbocycles. The van der Waals surface area contributed by atoms with E-state index in [-0.39, 0.29) is 12.5 Å². The van der Waals surface area contributed by atoms with Crippen LogP contribution < -0.4 is 15.8 Å². The number of thiocarbonyl (C=S) groups is 1. The average molecular weight is 320 g/mol. The van der Waals surface area contributed by atoms with Crippen LogP contribution in [0.2, 0.25) is 0 Å². The van der Waals surface area contributed by atoms with E-state index in [1.165, 1.54) is 4.88 Å². The third-order valence-electron chi connectivity index (χ3n) is 2.78. The first kappa shape index (κ1) is 15.5. The molecular formula is C15H16N2O2S2. The van der Waals surface area contributed by atoms with Crippen molar-refractivity contribution in [3.8, 4) is 5.75 Å². The minimum atomic E-state index is -0.134. The van der Waals surface area contributed by atoms with Gasteiger partial charge in [0, 0.05) is 17.0 Å². The molecule has 0 aliphatic heterocycles. The van der Waals surface area contributed by atoms with Gasteiger partial charge < -0.3 is 15.8 Å². The largest absolute Gasteiger partial charge is 0.484 e. The summed E-state index contributed by atoms with van der Waals surface area (Å²) in [6.45, 7) is 0.611. The lowest BCUT2D eigenvalue weighted by Crippen LogP contribution is -2.30. The first-order valence-corrected chi connectivity index (χ1v) is 7.75. The Bertz CT molecular complexity index is 595. The summed E-state index contributed by atoms with van der Waals surface area (Å²) in [6, 6.07) is 11.1. The van der Waals surface area contributed by atoms with Crippen molar-refractivity contribution in [2.24, 2.45) is 5.73 Å². The zero-order chi connectivity index (χ0) is 15.1. The fraction of sp³-hybridized carbons (Fsp3) is 0.200. The highest BCUT2D eigenvalue weighted by molar-refractivity contribution is 7.80. The van der Waals surface area contributed by atoms with Crippen molar-refractivity contribution in [3.05, 3.63) is 52.2 Å². The standard InChI is InChI=1S/C15H16N2O2S2/c16-15(20)11-3-5-12(6-4-11)19-10-14(18)17-8-7-13-2-1-9-21-13/h1-6,9H,7-8,10H2,(H2,16,20)(H,17,18). The normalized spacial score (nSPS) is 10.1. The second-order valence-electron chi connectivity index (χ2n) is 4.36. The van der Waals surface area contributed by atoms with E-state index in [2.05, 4.69) is 11.4 Å². The van der Waals surface area contributed by atoms with E-state index in [0.717, 1.165) is 12.0 Å². The van der Waals surface area contributed by atoms with Gasteiger partial charge in [-0.1, -0.05) is 18.3 Å². The van der Waals surface area contributed by atoms with Gasteiger partial charge in [0.05, 0.1) is 0 Å². The topological polar surface area (TPSA) is 64.3 Å². The predicted molar refractivity (Wildman–Crippen MR) is 88.9 cm³/mol. The fourth-order valence-corrected chi connectivity index (χ4v) is 2.54. The Hall–Kier alpha value is -1.92. The number of ether oxygens (including phenoxy) is 1. The molecule has 0 aliphatic rings. The maximum Gasteiger partial charge on any atom is 0.257 e. The summed E-state index contributed by atoms with van der Waals surface area (Å²) in [5.74, 6) is 0.480. The Kier molecular flexibility index (Phi) is 5.71. The Labute approximate surface area is 132 Å². The van der Waals surface area contributed by atoms with Crippen LogP contribution in [0.4, 0.5) is 0 Å². The molecule has 110 valence electrons. The lowest BCUT2D eigenvalue weighted by molar-refractivity contribution is -0.123. The van der Waals surface area contributed by atoms with Gasteiger partial charge in [0.15, 0.2) is 6.61 Å². The molecule has 1 aromatic heterocycles. The summed E-state index contributed by atoms with van der Waals surface area (Å²) in [7, 11) is 0. The van der Waals surface area contributed by atoms with Crippen LogP contribution >= 0.6 is 23.6 Å². The summed E-state index contributed by atoms with van der Waals surface area (Å²) in [6.07, 6.45) is 0.839. The zero-order valence-electron chi connectivity index (χ0n) is 11.4. The van der Waals surface area contributed by atoms with E-state index in [4.69, 9.17) is 22.7 Å². The van der Waals surface area contributed by atoms with Crippen molar-refractivity contribution in [3.63, 3.8) is 0 Å². The highest BCUT2D eigenvalue weighted by Gasteiger charge is 2.03. The summed E-state index contributed by atoms with van der Waals surface area (Å²) in [5, 5.41) is 4.85. The van der Waals surface area contributed by atoms with Gasteiger partial charge in [0.2, 0.25) is 0 Å². The number of thiophene rings is 1. The molecule has 0 saturated heterocycles. The first-order chi connectivity index (χ1) is 10.1. The van der Waals surface area contributed by atoms with Crippen molar-refractivity contribution in [2.75, 3.05) is 13.2 Å². The molecule has 0 radical (unpaired) electrons. The average Bonchev–Trinajstić information content (AvgIpc) is 2.99. The van der Waals surface area contributed by atoms with Gasteiger partial charge >= 0.3 is 0 Å². The molecule has 0 atom stereocenters. The van der Waals surface area contributed by atoms with E-state index in [1.807, 2.05) is 11.4 Å². The fourth-order valence-electron chi connectivity index (χ4n) is 1.70. The Morgan fingerprint density at radius 3 is 2.67 bits per heavy atom. The number of amides is 1. The Morgan fingerprint density at radius 1 is 1.29 bits per heavy atom. The van der Waals surface area contributed by atoms with Crippen LogP contribution in [0.3, 0.4) is 0 Å². The quantitative estimate of drug-likeness (QED) is 0.767. The summed E-state index contributed by atoms with van der Waals surface area (Å²) in [4.78, 5) is 13.2. The van der Waals surface area contributed by atoms with Crippen LogP contribution in [0.15, 0.2) is 41.8 Å². The molecule has 0 spiro atoms. The van der Waals surface area contributed by atoms with Gasteiger partial charge in [-0.15, -0.1) is 11.3 Å². The van der Waals surface area contributed by atoms with E-state index in [1.54, 1.807) is 35.6 Å². The van der Waals surface area contributed by atoms with Crippen molar-refractivity contribution >= 4 is 34.5 Å². The number of hydrogen-bond acceptors (Lipinski definition) is 4. The highest BCUT2D eigenvalue weighted by atomic mass is 32.1. The molecule has 21 heavy (non-hydrogen) atoms. The van der Waals surface area contributed by atoms with Gasteiger partial charge in [-0.3, -0.25) is 4.79 Å². The van der Waals surface area contributed by atoms with Crippen LogP contribution in [0.5, 0.6) is 5.75 Å². The SMILES string of the molecule is NC(=S)c1ccc(OCC(=O)NCCc2cccs2)cc1. The lowest BCUT2D eigenvalue weighted by atomic mass is 10.2. The van der Waals surface area contributed by atoms with E-state index >= 15 is 0 Å². The summed E-state index contributed by atoms with van der Waals surface area (Å²) < 4.78 is 5.40. The first-order valence-electron chi connectivity index (χ1n) is 6.47. The maximum absolute atomic E-state index is 11.6. The van der Waals surface area contributed by atoms with E-state index in [9.17, 15) is 4.79 Å². The van der Waals surface area contributed by atoms with E-state index < -0.39 is 0 Å². The molecule has 0 fully saturated rings. The molecule has 1 amide bonds. The van der Waals surface area contributed by atoms with Gasteiger partial charge in [-0.25, -0.2) is 0 Å². The number of hydrogen-bond donors (Lipinski definition) is 2. The van der Waals surface area contributed by atoms with Crippen molar-refractivity contribution in [1.82, 2.24) is 5.32 Å². The van der Waals surface area contributed by atoms with Crippen LogP contribution in [0, 0.1) is 0 Å². The van der Waals surface area contributed by atoms with Crippen molar-refractivity contribution < 1.29 is 9.53 Å². The number of carbonyl (C=O) groups is 1. The smallest absolute Gasteiger partial charge is 0.257 e. The number of carbonyl (C=O) groups excluding carboxylic acids is 1. The Morgan fingerprint density at radius 2 is 2.05 bits per heavy atom. The molecular weight excluding hydrogens is 304 g/mol. The second-order valence-corrected chi connectivity index (χ2v) is 5.83. The lowest BCUT2D eigenvalue weighted by Gasteiger charge is -2.07. The van der Waals surface area contributed by atoms with Gasteiger partial charge in [-0.2, -0.15) is 0 Å². The molecule has 4 nitrogen and oxygen atoms in total. The maximum atomic E-state index is 11.6. The van der Waals surface area contributed by atoms with E-state index in [0.29, 0.717) is 17.3 Å². The van der Waals surface area contributed by atoms with Crippen LogP contribution in [0.1, 0.15) is 10.4 Å². The monoisotopic (exact) mass is 320 g/mol.